The minimum atomic E-state index is -0.414. The van der Waals surface area contributed by atoms with Crippen LogP contribution in [0.1, 0.15) is 6.92 Å². The number of carbonyl (C=O) groups is 1. The highest BCUT2D eigenvalue weighted by atomic mass is 79.9. The van der Waals surface area contributed by atoms with Crippen LogP contribution in [0, 0.1) is 0 Å². The first-order valence-corrected chi connectivity index (χ1v) is 5.31. The first-order valence-electron chi connectivity index (χ1n) is 4.52. The summed E-state index contributed by atoms with van der Waals surface area (Å²) < 4.78 is 5.77. The molecule has 0 fully saturated rings. The number of esters is 1. The molecular weight excluding hydrogens is 274 g/mol. The van der Waals surface area contributed by atoms with E-state index >= 15 is 0 Å². The van der Waals surface area contributed by atoms with Gasteiger partial charge in [-0.15, -0.1) is 9.90 Å². The zero-order chi connectivity index (χ0) is 11.5. The first-order chi connectivity index (χ1) is 7.65. The third-order valence-electron chi connectivity index (χ3n) is 1.78. The van der Waals surface area contributed by atoms with Crippen molar-refractivity contribution in [2.45, 2.75) is 6.92 Å². The number of ether oxygens (including phenoxy) is 1. The smallest absolute Gasteiger partial charge is 0.309 e. The number of benzene rings is 1. The fraction of sp³-hybridized carbons (Fsp3) is 0.100. The Balaban J connectivity index is 2.24. The van der Waals surface area contributed by atoms with Crippen LogP contribution in [-0.4, -0.2) is 21.0 Å². The number of halogens is 1. The standard InChI is InChI=1S/C10H8BrN3O2/c1-7(15)16-10-6-12-14(13-10)9-4-2-8(11)3-5-9/h2-6H,1H3. The minimum absolute atomic E-state index is 0.190. The molecule has 2 aromatic rings. The minimum Gasteiger partial charge on any atom is -0.404 e. The summed E-state index contributed by atoms with van der Waals surface area (Å²) in [6, 6.07) is 7.46. The normalized spacial score (nSPS) is 10.1. The van der Waals surface area contributed by atoms with Gasteiger partial charge in [0.1, 0.15) is 6.20 Å². The molecule has 1 heterocycles. The molecule has 0 aliphatic heterocycles. The third kappa shape index (κ3) is 2.46. The number of aromatic nitrogens is 3. The van der Waals surface area contributed by atoms with Crippen molar-refractivity contribution in [2.75, 3.05) is 0 Å². The maximum atomic E-state index is 10.7. The number of rotatable bonds is 2. The third-order valence-corrected chi connectivity index (χ3v) is 2.31. The van der Waals surface area contributed by atoms with E-state index < -0.39 is 5.97 Å². The molecule has 0 atom stereocenters. The molecule has 2 rings (SSSR count). The van der Waals surface area contributed by atoms with E-state index in [0.29, 0.717) is 0 Å². The topological polar surface area (TPSA) is 57.0 Å². The summed E-state index contributed by atoms with van der Waals surface area (Å²) in [6.07, 6.45) is 1.39. The second kappa shape index (κ2) is 4.44. The van der Waals surface area contributed by atoms with Gasteiger partial charge in [-0.2, -0.15) is 5.10 Å². The van der Waals surface area contributed by atoms with Gasteiger partial charge in [0.05, 0.1) is 5.69 Å². The van der Waals surface area contributed by atoms with Crippen LogP contribution in [0.25, 0.3) is 5.69 Å². The number of hydrogen-bond donors (Lipinski definition) is 0. The Morgan fingerprint density at radius 1 is 1.38 bits per heavy atom. The molecule has 6 heteroatoms. The Hall–Kier alpha value is -1.69. The summed E-state index contributed by atoms with van der Waals surface area (Å²) >= 11 is 3.34. The van der Waals surface area contributed by atoms with Gasteiger partial charge in [0.2, 0.25) is 0 Å². The quantitative estimate of drug-likeness (QED) is 0.790. The summed E-state index contributed by atoms with van der Waals surface area (Å²) in [5.41, 5.74) is 0.793. The molecule has 82 valence electrons. The van der Waals surface area contributed by atoms with Crippen molar-refractivity contribution < 1.29 is 9.53 Å². The molecule has 1 aromatic carbocycles. The van der Waals surface area contributed by atoms with Gasteiger partial charge in [0, 0.05) is 11.4 Å². The fourth-order valence-electron chi connectivity index (χ4n) is 1.14. The summed E-state index contributed by atoms with van der Waals surface area (Å²) in [4.78, 5) is 12.1. The number of hydrogen-bond acceptors (Lipinski definition) is 4. The average Bonchev–Trinajstić information content (AvgIpc) is 2.66. The first kappa shape index (κ1) is 10.8. The van der Waals surface area contributed by atoms with Gasteiger partial charge in [0.15, 0.2) is 0 Å². The molecule has 0 saturated heterocycles. The lowest BCUT2D eigenvalue weighted by molar-refractivity contribution is -0.132. The molecule has 0 radical (unpaired) electrons. The maximum absolute atomic E-state index is 10.7. The van der Waals surface area contributed by atoms with Crippen molar-refractivity contribution in [1.29, 1.82) is 0 Å². The van der Waals surface area contributed by atoms with E-state index in [0.717, 1.165) is 10.2 Å². The second-order valence-electron chi connectivity index (χ2n) is 3.04. The largest absolute Gasteiger partial charge is 0.404 e. The van der Waals surface area contributed by atoms with Crippen LogP contribution in [-0.2, 0) is 4.79 Å². The van der Waals surface area contributed by atoms with Crippen LogP contribution in [0.15, 0.2) is 34.9 Å². The number of carbonyl (C=O) groups excluding carboxylic acids is 1. The van der Waals surface area contributed by atoms with Gasteiger partial charge in [-0.05, 0) is 24.3 Å². The zero-order valence-corrected chi connectivity index (χ0v) is 10.0. The Morgan fingerprint density at radius 3 is 2.69 bits per heavy atom. The Morgan fingerprint density at radius 2 is 2.06 bits per heavy atom. The molecule has 0 aliphatic carbocycles. The van der Waals surface area contributed by atoms with E-state index in [2.05, 4.69) is 26.1 Å². The van der Waals surface area contributed by atoms with E-state index in [-0.39, 0.29) is 5.88 Å². The van der Waals surface area contributed by atoms with E-state index in [1.54, 1.807) is 0 Å². The molecule has 0 saturated carbocycles. The highest BCUT2D eigenvalue weighted by Crippen LogP contribution is 2.14. The summed E-state index contributed by atoms with van der Waals surface area (Å²) in [7, 11) is 0. The summed E-state index contributed by atoms with van der Waals surface area (Å²) in [5, 5.41) is 7.98. The van der Waals surface area contributed by atoms with Crippen LogP contribution in [0.2, 0.25) is 0 Å². The van der Waals surface area contributed by atoms with Crippen LogP contribution < -0.4 is 4.74 Å². The molecule has 5 nitrogen and oxygen atoms in total. The Bertz CT molecular complexity index is 507. The van der Waals surface area contributed by atoms with E-state index in [9.17, 15) is 4.79 Å². The molecule has 0 amide bonds. The summed E-state index contributed by atoms with van der Waals surface area (Å²) in [5.74, 6) is -0.224. The Labute approximate surface area is 100 Å². The molecule has 0 N–H and O–H groups in total. The van der Waals surface area contributed by atoms with Crippen molar-refractivity contribution in [3.05, 3.63) is 34.9 Å². The molecule has 0 unspecified atom stereocenters. The van der Waals surface area contributed by atoms with Crippen LogP contribution in [0.5, 0.6) is 5.88 Å². The fourth-order valence-corrected chi connectivity index (χ4v) is 1.41. The van der Waals surface area contributed by atoms with Gasteiger partial charge in [-0.25, -0.2) is 0 Å². The van der Waals surface area contributed by atoms with Gasteiger partial charge in [-0.3, -0.25) is 4.79 Å². The molecule has 0 spiro atoms. The lowest BCUT2D eigenvalue weighted by Gasteiger charge is -1.98. The van der Waals surface area contributed by atoms with Gasteiger partial charge < -0.3 is 4.74 Å². The van der Waals surface area contributed by atoms with E-state index in [1.807, 2.05) is 24.3 Å². The molecule has 0 aliphatic rings. The lowest BCUT2D eigenvalue weighted by atomic mass is 10.3. The Kier molecular flexibility index (Phi) is 3.00. The lowest BCUT2D eigenvalue weighted by Crippen LogP contribution is -2.03. The van der Waals surface area contributed by atoms with Crippen molar-refractivity contribution in [1.82, 2.24) is 15.0 Å². The van der Waals surface area contributed by atoms with Crippen molar-refractivity contribution in [2.24, 2.45) is 0 Å². The van der Waals surface area contributed by atoms with Crippen molar-refractivity contribution in [3.8, 4) is 11.6 Å². The predicted molar refractivity (Wildman–Crippen MR) is 60.4 cm³/mol. The monoisotopic (exact) mass is 281 g/mol. The van der Waals surface area contributed by atoms with Crippen LogP contribution in [0.4, 0.5) is 0 Å². The second-order valence-corrected chi connectivity index (χ2v) is 3.96. The maximum Gasteiger partial charge on any atom is 0.309 e. The SMILES string of the molecule is CC(=O)Oc1cnn(-c2ccc(Br)cc2)n1. The van der Waals surface area contributed by atoms with E-state index in [1.165, 1.54) is 17.9 Å². The van der Waals surface area contributed by atoms with Gasteiger partial charge in [0.25, 0.3) is 5.88 Å². The van der Waals surface area contributed by atoms with Crippen molar-refractivity contribution in [3.63, 3.8) is 0 Å². The average molecular weight is 282 g/mol. The van der Waals surface area contributed by atoms with Crippen molar-refractivity contribution >= 4 is 21.9 Å². The predicted octanol–water partition coefficient (Wildman–Crippen LogP) is 1.96. The molecular formula is C10H8BrN3O2. The zero-order valence-electron chi connectivity index (χ0n) is 8.42. The molecule has 16 heavy (non-hydrogen) atoms. The molecule has 0 bridgehead atoms. The summed E-state index contributed by atoms with van der Waals surface area (Å²) in [6.45, 7) is 1.32. The van der Waals surface area contributed by atoms with Gasteiger partial charge in [-0.1, -0.05) is 15.9 Å². The highest BCUT2D eigenvalue weighted by molar-refractivity contribution is 9.10. The van der Waals surface area contributed by atoms with Gasteiger partial charge >= 0.3 is 5.97 Å². The van der Waals surface area contributed by atoms with E-state index in [4.69, 9.17) is 4.74 Å². The number of nitrogens with zero attached hydrogens (tertiary/aromatic N) is 3. The van der Waals surface area contributed by atoms with Crippen LogP contribution >= 0.6 is 15.9 Å². The molecule has 1 aromatic heterocycles. The van der Waals surface area contributed by atoms with Crippen LogP contribution in [0.3, 0.4) is 0 Å². The highest BCUT2D eigenvalue weighted by Gasteiger charge is 2.05.